The maximum atomic E-state index is 10.0. The summed E-state index contributed by atoms with van der Waals surface area (Å²) >= 11 is 0. The first kappa shape index (κ1) is 20.9. The van der Waals surface area contributed by atoms with Crippen molar-refractivity contribution in [1.82, 2.24) is 10.6 Å². The fraction of sp³-hybridized carbons (Fsp3) is 0.474. The number of hydrogen-bond acceptors (Lipinski definition) is 4. The zero-order chi connectivity index (χ0) is 18.5. The van der Waals surface area contributed by atoms with Gasteiger partial charge < -0.3 is 22.1 Å². The van der Waals surface area contributed by atoms with Crippen molar-refractivity contribution < 1.29 is 4.79 Å². The molecule has 0 heterocycles. The summed E-state index contributed by atoms with van der Waals surface area (Å²) in [6.07, 6.45) is 9.77. The number of amides is 1. The highest BCUT2D eigenvalue weighted by Crippen LogP contribution is 2.15. The number of aliphatic imine (C=N–C) groups is 1. The third-order valence-electron chi connectivity index (χ3n) is 4.05. The molecule has 0 aliphatic heterocycles. The molecule has 0 radical (unpaired) electrons. The number of likely N-dealkylation sites (N-methyl/N-ethyl adjacent to an activating group) is 1. The van der Waals surface area contributed by atoms with Gasteiger partial charge in [-0.25, -0.2) is 4.99 Å². The van der Waals surface area contributed by atoms with Crippen LogP contribution in [0.3, 0.4) is 0 Å². The summed E-state index contributed by atoms with van der Waals surface area (Å²) in [5, 5.41) is 5.57. The Morgan fingerprint density at radius 2 is 1.96 bits per heavy atom. The number of carbonyl (C=O) groups excluding carboxylic acids is 1. The van der Waals surface area contributed by atoms with Gasteiger partial charge in [-0.05, 0) is 57.0 Å². The summed E-state index contributed by atoms with van der Waals surface area (Å²) in [7, 11) is 1.95. The summed E-state index contributed by atoms with van der Waals surface area (Å²) in [5.74, 6) is 0.339. The third kappa shape index (κ3) is 9.64. The first-order valence-corrected chi connectivity index (χ1v) is 8.77. The largest absolute Gasteiger partial charge is 0.384 e. The molecule has 0 spiro atoms. The summed E-state index contributed by atoms with van der Waals surface area (Å²) < 4.78 is 0. The zero-order valence-electron chi connectivity index (χ0n) is 15.2. The van der Waals surface area contributed by atoms with E-state index in [0.29, 0.717) is 24.3 Å². The molecule has 1 amide bonds. The average Bonchev–Trinajstić information content (AvgIpc) is 3.08. The molecular weight excluding hydrogens is 314 g/mol. The van der Waals surface area contributed by atoms with Crippen LogP contribution in [0, 0.1) is 0 Å². The lowest BCUT2D eigenvalue weighted by molar-refractivity contribution is -0.108. The lowest BCUT2D eigenvalue weighted by Gasteiger charge is -2.09. The molecule has 6 nitrogen and oxygen atoms in total. The molecule has 0 aromatic heterocycles. The average molecular weight is 345 g/mol. The molecule has 1 aromatic carbocycles. The van der Waals surface area contributed by atoms with Crippen LogP contribution >= 0.6 is 0 Å². The Morgan fingerprint density at radius 1 is 1.32 bits per heavy atom. The Labute approximate surface area is 150 Å². The fourth-order valence-electron chi connectivity index (χ4n) is 2.48. The molecule has 6 N–H and O–H groups in total. The molecule has 1 aromatic rings. The van der Waals surface area contributed by atoms with Crippen LogP contribution < -0.4 is 22.1 Å². The lowest BCUT2D eigenvalue weighted by Crippen LogP contribution is -2.23. The molecule has 138 valence electrons. The standard InChI is InChI=1S/C14H20N4O.C5H11N/c1-11(16-2)9-12-3-5-13(6-4-12)18-14(15)7-8-17-10-19;6-5-3-1-2-4-5/h3-8,10-11,16H,9H2,1-2H3,(H2,15,18)(H,17,19);5H,1-4,6H2/b8-7-;. The van der Waals surface area contributed by atoms with E-state index in [9.17, 15) is 4.79 Å². The molecule has 0 bridgehead atoms. The highest BCUT2D eigenvalue weighted by Gasteiger charge is 2.07. The SMILES string of the molecule is CNC(C)Cc1ccc(N=C(N)/C=C\NC=O)cc1.NC1CCCC1. The molecule has 1 saturated carbocycles. The van der Waals surface area contributed by atoms with Gasteiger partial charge in [0.05, 0.1) is 5.69 Å². The molecule has 1 aliphatic carbocycles. The predicted molar refractivity (Wildman–Crippen MR) is 105 cm³/mol. The van der Waals surface area contributed by atoms with Crippen LogP contribution in [0.1, 0.15) is 38.2 Å². The molecule has 0 saturated heterocycles. The lowest BCUT2D eigenvalue weighted by atomic mass is 10.1. The van der Waals surface area contributed by atoms with Gasteiger partial charge >= 0.3 is 0 Å². The third-order valence-corrected chi connectivity index (χ3v) is 4.05. The van der Waals surface area contributed by atoms with Crippen molar-refractivity contribution in [3.05, 3.63) is 42.1 Å². The zero-order valence-corrected chi connectivity index (χ0v) is 15.2. The van der Waals surface area contributed by atoms with Crippen LogP contribution in [0.2, 0.25) is 0 Å². The Balaban J connectivity index is 0.000000435. The van der Waals surface area contributed by atoms with Crippen LogP contribution in [-0.2, 0) is 11.2 Å². The van der Waals surface area contributed by atoms with E-state index in [1.165, 1.54) is 43.5 Å². The monoisotopic (exact) mass is 345 g/mol. The van der Waals surface area contributed by atoms with Crippen molar-refractivity contribution in [3.8, 4) is 0 Å². The summed E-state index contributed by atoms with van der Waals surface area (Å²) in [6.45, 7) is 2.13. The number of hydrogen-bond donors (Lipinski definition) is 4. The normalized spacial score (nSPS) is 16.4. The van der Waals surface area contributed by atoms with Gasteiger partial charge in [-0.2, -0.15) is 0 Å². The second kappa shape index (κ2) is 12.2. The molecule has 6 heteroatoms. The van der Waals surface area contributed by atoms with Crippen LogP contribution in [0.25, 0.3) is 0 Å². The summed E-state index contributed by atoms with van der Waals surface area (Å²) in [6, 6.07) is 8.90. The van der Waals surface area contributed by atoms with Gasteiger partial charge in [0.1, 0.15) is 5.84 Å². The van der Waals surface area contributed by atoms with Gasteiger partial charge in [0.15, 0.2) is 0 Å². The van der Waals surface area contributed by atoms with E-state index >= 15 is 0 Å². The number of nitrogens with one attached hydrogen (secondary N) is 2. The van der Waals surface area contributed by atoms with Gasteiger partial charge in [-0.1, -0.05) is 25.0 Å². The van der Waals surface area contributed by atoms with E-state index < -0.39 is 0 Å². The molecule has 2 rings (SSSR count). The Bertz CT molecular complexity index is 547. The highest BCUT2D eigenvalue weighted by molar-refractivity contribution is 5.93. The van der Waals surface area contributed by atoms with Crippen LogP contribution in [0.4, 0.5) is 5.69 Å². The van der Waals surface area contributed by atoms with Crippen LogP contribution in [0.5, 0.6) is 0 Å². The number of nitrogens with zero attached hydrogens (tertiary/aromatic N) is 1. The minimum atomic E-state index is 0.339. The quantitative estimate of drug-likeness (QED) is 0.344. The first-order chi connectivity index (χ1) is 12.0. The van der Waals surface area contributed by atoms with E-state index in [4.69, 9.17) is 11.5 Å². The Hall–Kier alpha value is -2.18. The minimum Gasteiger partial charge on any atom is -0.384 e. The van der Waals surface area contributed by atoms with E-state index in [2.05, 4.69) is 22.5 Å². The summed E-state index contributed by atoms with van der Waals surface area (Å²) in [4.78, 5) is 14.3. The second-order valence-electron chi connectivity index (χ2n) is 6.26. The van der Waals surface area contributed by atoms with Gasteiger partial charge in [0.2, 0.25) is 6.41 Å². The van der Waals surface area contributed by atoms with Crippen molar-refractivity contribution in [2.24, 2.45) is 16.5 Å². The van der Waals surface area contributed by atoms with Crippen LogP contribution in [-0.4, -0.2) is 31.4 Å². The molecule has 1 unspecified atom stereocenters. The number of carbonyl (C=O) groups is 1. The molecule has 1 fully saturated rings. The van der Waals surface area contributed by atoms with E-state index in [1.54, 1.807) is 0 Å². The van der Waals surface area contributed by atoms with Crippen molar-refractivity contribution in [1.29, 1.82) is 0 Å². The van der Waals surface area contributed by atoms with Gasteiger partial charge in [-0.15, -0.1) is 0 Å². The predicted octanol–water partition coefficient (Wildman–Crippen LogP) is 1.97. The van der Waals surface area contributed by atoms with Gasteiger partial charge in [0.25, 0.3) is 0 Å². The summed E-state index contributed by atoms with van der Waals surface area (Å²) in [5.41, 5.74) is 13.3. The van der Waals surface area contributed by atoms with Crippen molar-refractivity contribution in [2.45, 2.75) is 51.1 Å². The highest BCUT2D eigenvalue weighted by atomic mass is 16.1. The van der Waals surface area contributed by atoms with Crippen molar-refractivity contribution >= 4 is 17.9 Å². The molecule has 1 atom stereocenters. The Morgan fingerprint density at radius 3 is 2.44 bits per heavy atom. The van der Waals surface area contributed by atoms with Gasteiger partial charge in [-0.3, -0.25) is 4.79 Å². The topological polar surface area (TPSA) is 106 Å². The number of benzene rings is 1. The first-order valence-electron chi connectivity index (χ1n) is 8.77. The molecule has 1 aliphatic rings. The smallest absolute Gasteiger partial charge is 0.211 e. The number of rotatable bonds is 7. The number of amidine groups is 1. The number of nitrogens with two attached hydrogens (primary N) is 2. The van der Waals surface area contributed by atoms with Crippen molar-refractivity contribution in [2.75, 3.05) is 7.05 Å². The minimum absolute atomic E-state index is 0.339. The molecule has 25 heavy (non-hydrogen) atoms. The maximum absolute atomic E-state index is 10.0. The maximum Gasteiger partial charge on any atom is 0.211 e. The molecular formula is C19H31N5O. The van der Waals surface area contributed by atoms with E-state index in [-0.39, 0.29) is 0 Å². The van der Waals surface area contributed by atoms with E-state index in [1.807, 2.05) is 31.3 Å². The second-order valence-corrected chi connectivity index (χ2v) is 6.26. The Kier molecular flexibility index (Phi) is 10.2. The fourth-order valence-corrected chi connectivity index (χ4v) is 2.48. The van der Waals surface area contributed by atoms with E-state index in [0.717, 1.165) is 12.1 Å². The van der Waals surface area contributed by atoms with Crippen molar-refractivity contribution in [3.63, 3.8) is 0 Å². The van der Waals surface area contributed by atoms with Gasteiger partial charge in [0, 0.05) is 18.3 Å². The van der Waals surface area contributed by atoms with Crippen LogP contribution in [0.15, 0.2) is 41.5 Å².